The number of benzene rings is 2. The van der Waals surface area contributed by atoms with Gasteiger partial charge in [0.2, 0.25) is 11.8 Å². The van der Waals surface area contributed by atoms with Crippen molar-refractivity contribution in [3.63, 3.8) is 0 Å². The second-order valence-corrected chi connectivity index (χ2v) is 7.29. The standard InChI is InChI=1S/C22H28N4O2/c1-16(22(28)25-20-10-8-17(9-11-20)21(23)27)24-14-18-6-2-3-7-19(18)15-26-12-4-5-13-26/h2-3,6-11,16,24H,4-5,12-15H2,1H3,(H2,23,27)(H,25,28)/t16-/m1/s1. The summed E-state index contributed by atoms with van der Waals surface area (Å²) in [5.41, 5.74) is 8.82. The molecule has 1 fully saturated rings. The van der Waals surface area contributed by atoms with Crippen LogP contribution in [0, 0.1) is 0 Å². The zero-order valence-electron chi connectivity index (χ0n) is 16.3. The van der Waals surface area contributed by atoms with Gasteiger partial charge < -0.3 is 16.4 Å². The Kier molecular flexibility index (Phi) is 6.79. The largest absolute Gasteiger partial charge is 0.366 e. The van der Waals surface area contributed by atoms with E-state index in [-0.39, 0.29) is 11.9 Å². The number of likely N-dealkylation sites (tertiary alicyclic amines) is 1. The summed E-state index contributed by atoms with van der Waals surface area (Å²) in [6, 6.07) is 14.6. The number of nitrogens with zero attached hydrogens (tertiary/aromatic N) is 1. The molecule has 0 unspecified atom stereocenters. The van der Waals surface area contributed by atoms with E-state index >= 15 is 0 Å². The molecule has 0 spiro atoms. The molecule has 1 aliphatic heterocycles. The van der Waals surface area contributed by atoms with E-state index < -0.39 is 5.91 Å². The molecule has 0 saturated carbocycles. The van der Waals surface area contributed by atoms with Crippen molar-refractivity contribution in [1.82, 2.24) is 10.2 Å². The molecule has 0 radical (unpaired) electrons. The van der Waals surface area contributed by atoms with Crippen molar-refractivity contribution in [2.24, 2.45) is 5.73 Å². The number of hydrogen-bond donors (Lipinski definition) is 3. The Morgan fingerprint density at radius 1 is 1.04 bits per heavy atom. The van der Waals surface area contributed by atoms with Crippen LogP contribution in [0.1, 0.15) is 41.3 Å². The van der Waals surface area contributed by atoms with Gasteiger partial charge in [-0.3, -0.25) is 14.5 Å². The van der Waals surface area contributed by atoms with Crippen molar-refractivity contribution in [3.8, 4) is 0 Å². The molecule has 3 rings (SSSR count). The molecule has 1 saturated heterocycles. The van der Waals surface area contributed by atoms with Gasteiger partial charge in [0.15, 0.2) is 0 Å². The maximum Gasteiger partial charge on any atom is 0.248 e. The molecule has 148 valence electrons. The third kappa shape index (κ3) is 5.41. The first-order chi connectivity index (χ1) is 13.5. The Balaban J connectivity index is 1.54. The molecule has 0 bridgehead atoms. The zero-order valence-corrected chi connectivity index (χ0v) is 16.3. The minimum absolute atomic E-state index is 0.121. The topological polar surface area (TPSA) is 87.5 Å². The van der Waals surface area contributed by atoms with E-state index in [1.54, 1.807) is 24.3 Å². The minimum Gasteiger partial charge on any atom is -0.366 e. The minimum atomic E-state index is -0.486. The van der Waals surface area contributed by atoms with Crippen molar-refractivity contribution in [2.75, 3.05) is 18.4 Å². The summed E-state index contributed by atoms with van der Waals surface area (Å²) in [4.78, 5) is 26.0. The molecule has 4 N–H and O–H groups in total. The normalized spacial score (nSPS) is 15.3. The van der Waals surface area contributed by atoms with Crippen LogP contribution in [-0.2, 0) is 17.9 Å². The van der Waals surface area contributed by atoms with Crippen LogP contribution in [0.5, 0.6) is 0 Å². The van der Waals surface area contributed by atoms with E-state index in [2.05, 4.69) is 33.7 Å². The van der Waals surface area contributed by atoms with E-state index in [1.807, 2.05) is 13.0 Å². The first kappa shape index (κ1) is 20.0. The maximum atomic E-state index is 12.4. The van der Waals surface area contributed by atoms with Crippen LogP contribution < -0.4 is 16.4 Å². The number of nitrogens with one attached hydrogen (secondary N) is 2. The van der Waals surface area contributed by atoms with Gasteiger partial charge in [-0.2, -0.15) is 0 Å². The summed E-state index contributed by atoms with van der Waals surface area (Å²) in [7, 11) is 0. The third-order valence-corrected chi connectivity index (χ3v) is 5.14. The summed E-state index contributed by atoms with van der Waals surface area (Å²) in [5.74, 6) is -0.607. The van der Waals surface area contributed by atoms with E-state index in [9.17, 15) is 9.59 Å². The lowest BCUT2D eigenvalue weighted by Crippen LogP contribution is -2.37. The Labute approximate surface area is 166 Å². The fraction of sp³-hybridized carbons (Fsp3) is 0.364. The number of carbonyl (C=O) groups is 2. The molecular formula is C22H28N4O2. The first-order valence-electron chi connectivity index (χ1n) is 9.76. The number of amides is 2. The van der Waals surface area contributed by atoms with Crippen molar-refractivity contribution in [1.29, 1.82) is 0 Å². The van der Waals surface area contributed by atoms with Gasteiger partial charge in [0.1, 0.15) is 0 Å². The molecule has 0 aromatic heterocycles. The molecular weight excluding hydrogens is 352 g/mol. The molecule has 1 aliphatic rings. The highest BCUT2D eigenvalue weighted by Crippen LogP contribution is 2.16. The molecule has 1 heterocycles. The quantitative estimate of drug-likeness (QED) is 0.657. The lowest BCUT2D eigenvalue weighted by Gasteiger charge is -2.19. The SMILES string of the molecule is C[C@@H](NCc1ccccc1CN1CCCC1)C(=O)Nc1ccc(C(N)=O)cc1. The van der Waals surface area contributed by atoms with Crippen LogP contribution in [0.15, 0.2) is 48.5 Å². The van der Waals surface area contributed by atoms with Crippen LogP contribution in [0.3, 0.4) is 0 Å². The highest BCUT2D eigenvalue weighted by molar-refractivity contribution is 5.96. The monoisotopic (exact) mass is 380 g/mol. The molecule has 6 heteroatoms. The third-order valence-electron chi connectivity index (χ3n) is 5.14. The highest BCUT2D eigenvalue weighted by Gasteiger charge is 2.16. The van der Waals surface area contributed by atoms with Crippen LogP contribution >= 0.6 is 0 Å². The Morgan fingerprint density at radius 3 is 2.32 bits per heavy atom. The van der Waals surface area contributed by atoms with Crippen molar-refractivity contribution in [3.05, 3.63) is 65.2 Å². The van der Waals surface area contributed by atoms with Crippen molar-refractivity contribution >= 4 is 17.5 Å². The lowest BCUT2D eigenvalue weighted by atomic mass is 10.1. The fourth-order valence-electron chi connectivity index (χ4n) is 3.39. The second-order valence-electron chi connectivity index (χ2n) is 7.29. The predicted molar refractivity (Wildman–Crippen MR) is 111 cm³/mol. The van der Waals surface area contributed by atoms with E-state index in [0.29, 0.717) is 17.8 Å². The number of hydrogen-bond acceptors (Lipinski definition) is 4. The summed E-state index contributed by atoms with van der Waals surface area (Å²) in [5, 5.41) is 6.16. The van der Waals surface area contributed by atoms with E-state index in [1.165, 1.54) is 24.0 Å². The second kappa shape index (κ2) is 9.48. The maximum absolute atomic E-state index is 12.4. The van der Waals surface area contributed by atoms with Gasteiger partial charge in [-0.05, 0) is 68.2 Å². The molecule has 1 atom stereocenters. The van der Waals surface area contributed by atoms with Crippen molar-refractivity contribution in [2.45, 2.75) is 38.9 Å². The van der Waals surface area contributed by atoms with Gasteiger partial charge in [-0.15, -0.1) is 0 Å². The van der Waals surface area contributed by atoms with E-state index in [4.69, 9.17) is 5.73 Å². The summed E-state index contributed by atoms with van der Waals surface area (Å²) in [6.45, 7) is 5.77. The Hall–Kier alpha value is -2.70. The van der Waals surface area contributed by atoms with Gasteiger partial charge in [0.25, 0.3) is 0 Å². The summed E-state index contributed by atoms with van der Waals surface area (Å²) < 4.78 is 0. The molecule has 0 aliphatic carbocycles. The molecule has 2 aromatic carbocycles. The summed E-state index contributed by atoms with van der Waals surface area (Å²) in [6.07, 6.45) is 2.55. The number of carbonyl (C=O) groups excluding carboxylic acids is 2. The lowest BCUT2D eigenvalue weighted by molar-refractivity contribution is -0.117. The van der Waals surface area contributed by atoms with Gasteiger partial charge >= 0.3 is 0 Å². The van der Waals surface area contributed by atoms with Crippen LogP contribution in [0.4, 0.5) is 5.69 Å². The Bertz CT molecular complexity index is 814. The van der Waals surface area contributed by atoms with Gasteiger partial charge in [-0.1, -0.05) is 24.3 Å². The van der Waals surface area contributed by atoms with E-state index in [0.717, 1.165) is 19.6 Å². The van der Waals surface area contributed by atoms with Crippen molar-refractivity contribution < 1.29 is 9.59 Å². The average Bonchev–Trinajstić information content (AvgIpc) is 3.20. The van der Waals surface area contributed by atoms with Gasteiger partial charge in [0, 0.05) is 24.3 Å². The smallest absolute Gasteiger partial charge is 0.248 e. The average molecular weight is 380 g/mol. The van der Waals surface area contributed by atoms with Crippen LogP contribution in [0.2, 0.25) is 0 Å². The predicted octanol–water partition coefficient (Wildman–Crippen LogP) is 2.50. The fourth-order valence-corrected chi connectivity index (χ4v) is 3.39. The Morgan fingerprint density at radius 2 is 1.68 bits per heavy atom. The zero-order chi connectivity index (χ0) is 19.9. The number of anilines is 1. The number of primary amides is 1. The number of nitrogens with two attached hydrogens (primary N) is 1. The van der Waals surface area contributed by atoms with Crippen LogP contribution in [-0.4, -0.2) is 35.8 Å². The van der Waals surface area contributed by atoms with Crippen LogP contribution in [0.25, 0.3) is 0 Å². The summed E-state index contributed by atoms with van der Waals surface area (Å²) >= 11 is 0. The van der Waals surface area contributed by atoms with Gasteiger partial charge in [0.05, 0.1) is 6.04 Å². The highest BCUT2D eigenvalue weighted by atomic mass is 16.2. The number of rotatable bonds is 8. The van der Waals surface area contributed by atoms with Gasteiger partial charge in [-0.25, -0.2) is 0 Å². The molecule has 2 aromatic rings. The molecule has 6 nitrogen and oxygen atoms in total. The molecule has 2 amide bonds. The molecule has 28 heavy (non-hydrogen) atoms. The first-order valence-corrected chi connectivity index (χ1v) is 9.76.